The molecule has 0 saturated carbocycles. The minimum atomic E-state index is -0.404. The Kier molecular flexibility index (Phi) is 4.19. The average molecular weight is 361 g/mol. The van der Waals surface area contributed by atoms with Crippen LogP contribution < -0.4 is 10.9 Å². The van der Waals surface area contributed by atoms with Crippen LogP contribution in [0.3, 0.4) is 0 Å². The molecule has 7 nitrogen and oxygen atoms in total. The molecule has 4 aromatic rings. The van der Waals surface area contributed by atoms with Gasteiger partial charge in [0.2, 0.25) is 5.78 Å². The summed E-state index contributed by atoms with van der Waals surface area (Å²) in [6, 6.07) is 10.6. The summed E-state index contributed by atoms with van der Waals surface area (Å²) >= 11 is 0. The number of amides is 1. The van der Waals surface area contributed by atoms with Crippen molar-refractivity contribution in [2.24, 2.45) is 7.05 Å². The van der Waals surface area contributed by atoms with Gasteiger partial charge in [-0.1, -0.05) is 25.1 Å². The first-order valence-electron chi connectivity index (χ1n) is 8.77. The van der Waals surface area contributed by atoms with Crippen molar-refractivity contribution in [1.82, 2.24) is 24.3 Å². The summed E-state index contributed by atoms with van der Waals surface area (Å²) in [7, 11) is 1.67. The molecular weight excluding hydrogens is 342 g/mol. The van der Waals surface area contributed by atoms with Gasteiger partial charge in [-0.15, -0.1) is 0 Å². The number of imidazole rings is 1. The van der Waals surface area contributed by atoms with Crippen LogP contribution in [0.25, 0.3) is 16.7 Å². The number of pyridine rings is 1. The van der Waals surface area contributed by atoms with E-state index >= 15 is 0 Å². The first-order valence-corrected chi connectivity index (χ1v) is 8.77. The van der Waals surface area contributed by atoms with E-state index in [0.29, 0.717) is 17.9 Å². The Morgan fingerprint density at radius 2 is 2.07 bits per heavy atom. The van der Waals surface area contributed by atoms with Gasteiger partial charge in [0.15, 0.2) is 0 Å². The molecule has 0 aliphatic heterocycles. The maximum atomic E-state index is 12.8. The highest BCUT2D eigenvalue weighted by Crippen LogP contribution is 2.17. The van der Waals surface area contributed by atoms with Gasteiger partial charge < -0.3 is 9.88 Å². The van der Waals surface area contributed by atoms with Crippen molar-refractivity contribution in [3.63, 3.8) is 0 Å². The van der Waals surface area contributed by atoms with Gasteiger partial charge in [0.05, 0.1) is 17.3 Å². The first-order chi connectivity index (χ1) is 13.1. The lowest BCUT2D eigenvalue weighted by molar-refractivity contribution is 0.0933. The van der Waals surface area contributed by atoms with E-state index in [0.717, 1.165) is 10.9 Å². The third-order valence-electron chi connectivity index (χ3n) is 4.70. The monoisotopic (exact) mass is 361 g/mol. The highest BCUT2D eigenvalue weighted by Gasteiger charge is 2.20. The van der Waals surface area contributed by atoms with E-state index in [2.05, 4.69) is 15.3 Å². The lowest BCUT2D eigenvalue weighted by atomic mass is 10.1. The number of fused-ring (bicyclic) bond motifs is 2. The molecule has 3 heterocycles. The van der Waals surface area contributed by atoms with Gasteiger partial charge in [-0.05, 0) is 30.0 Å². The number of carbonyl (C=O) groups excluding carboxylic acids is 1. The van der Waals surface area contributed by atoms with Gasteiger partial charge in [-0.3, -0.25) is 14.0 Å². The molecule has 1 atom stereocenters. The summed E-state index contributed by atoms with van der Waals surface area (Å²) in [6.45, 7) is 1.96. The van der Waals surface area contributed by atoms with Crippen molar-refractivity contribution in [3.8, 4) is 0 Å². The number of benzene rings is 1. The third kappa shape index (κ3) is 2.97. The van der Waals surface area contributed by atoms with Crippen molar-refractivity contribution in [2.45, 2.75) is 19.4 Å². The standard InChI is InChI=1S/C20H19N5O2/c1-3-15(16-12-25-10-6-9-21-20(25)23-16)22-18(26)14-11-13-7-4-5-8-17(13)24(2)19(14)27/h4-12,15H,3H2,1-2H3,(H,22,26). The maximum absolute atomic E-state index is 12.8. The van der Waals surface area contributed by atoms with Crippen molar-refractivity contribution in [2.75, 3.05) is 0 Å². The molecule has 3 aromatic heterocycles. The second-order valence-corrected chi connectivity index (χ2v) is 6.41. The van der Waals surface area contributed by atoms with E-state index in [1.807, 2.05) is 49.6 Å². The normalized spacial score (nSPS) is 12.4. The van der Waals surface area contributed by atoms with E-state index < -0.39 is 5.91 Å². The smallest absolute Gasteiger partial charge is 0.263 e. The van der Waals surface area contributed by atoms with Crippen molar-refractivity contribution in [1.29, 1.82) is 0 Å². The predicted octanol–water partition coefficient (Wildman–Crippen LogP) is 2.46. The molecule has 0 radical (unpaired) electrons. The fourth-order valence-electron chi connectivity index (χ4n) is 3.22. The van der Waals surface area contributed by atoms with Gasteiger partial charge >= 0.3 is 0 Å². The number of carbonyl (C=O) groups is 1. The van der Waals surface area contributed by atoms with Crippen LogP contribution in [-0.2, 0) is 7.05 Å². The molecule has 4 rings (SSSR count). The van der Waals surface area contributed by atoms with E-state index in [1.165, 1.54) is 4.57 Å². The van der Waals surface area contributed by atoms with Gasteiger partial charge in [-0.2, -0.15) is 0 Å². The largest absolute Gasteiger partial charge is 0.343 e. The molecule has 136 valence electrons. The number of para-hydroxylation sites is 1. The topological polar surface area (TPSA) is 81.3 Å². The minimum absolute atomic E-state index is 0.122. The number of nitrogens with zero attached hydrogens (tertiary/aromatic N) is 4. The zero-order valence-corrected chi connectivity index (χ0v) is 15.1. The Hall–Kier alpha value is -3.48. The van der Waals surface area contributed by atoms with Crippen LogP contribution in [-0.4, -0.2) is 24.8 Å². The summed E-state index contributed by atoms with van der Waals surface area (Å²) in [5.74, 6) is 0.167. The summed E-state index contributed by atoms with van der Waals surface area (Å²) in [5, 5.41) is 3.78. The molecular formula is C20H19N5O2. The van der Waals surface area contributed by atoms with Crippen LogP contribution in [0.2, 0.25) is 0 Å². The van der Waals surface area contributed by atoms with Crippen LogP contribution in [0, 0.1) is 0 Å². The Morgan fingerprint density at radius 1 is 1.26 bits per heavy atom. The van der Waals surface area contributed by atoms with Crippen molar-refractivity contribution < 1.29 is 4.79 Å². The molecule has 0 spiro atoms. The lowest BCUT2D eigenvalue weighted by Gasteiger charge is -2.15. The number of hydrogen-bond acceptors (Lipinski definition) is 4. The lowest BCUT2D eigenvalue weighted by Crippen LogP contribution is -2.34. The number of nitrogens with one attached hydrogen (secondary N) is 1. The SMILES string of the molecule is CCC(NC(=O)c1cc2ccccc2n(C)c1=O)c1cn2cccnc2n1. The minimum Gasteiger partial charge on any atom is -0.343 e. The molecule has 1 N–H and O–H groups in total. The average Bonchev–Trinajstić information content (AvgIpc) is 3.12. The molecule has 1 unspecified atom stereocenters. The maximum Gasteiger partial charge on any atom is 0.263 e. The van der Waals surface area contributed by atoms with Crippen molar-refractivity contribution in [3.05, 3.63) is 76.6 Å². The fourth-order valence-corrected chi connectivity index (χ4v) is 3.22. The van der Waals surface area contributed by atoms with Gasteiger partial charge in [0, 0.05) is 25.6 Å². The van der Waals surface area contributed by atoms with E-state index in [-0.39, 0.29) is 17.2 Å². The summed E-state index contributed by atoms with van der Waals surface area (Å²) in [4.78, 5) is 34.2. The molecule has 0 aliphatic rings. The number of aryl methyl sites for hydroxylation is 1. The van der Waals surface area contributed by atoms with Gasteiger partial charge in [0.25, 0.3) is 11.5 Å². The Bertz CT molecular complexity index is 1170. The molecule has 0 fully saturated rings. The molecule has 1 aromatic carbocycles. The molecule has 1 amide bonds. The van der Waals surface area contributed by atoms with Crippen LogP contribution in [0.1, 0.15) is 35.4 Å². The molecule has 0 bridgehead atoms. The first kappa shape index (κ1) is 17.0. The second kappa shape index (κ2) is 6.68. The van der Waals surface area contributed by atoms with E-state index in [1.54, 1.807) is 23.7 Å². The van der Waals surface area contributed by atoms with Crippen LogP contribution >= 0.6 is 0 Å². The molecule has 7 heteroatoms. The van der Waals surface area contributed by atoms with Crippen LogP contribution in [0.4, 0.5) is 0 Å². The zero-order valence-electron chi connectivity index (χ0n) is 15.1. The summed E-state index contributed by atoms with van der Waals surface area (Å²) < 4.78 is 3.30. The Morgan fingerprint density at radius 3 is 2.85 bits per heavy atom. The van der Waals surface area contributed by atoms with Crippen LogP contribution in [0.5, 0.6) is 0 Å². The van der Waals surface area contributed by atoms with Gasteiger partial charge in [0.1, 0.15) is 5.56 Å². The van der Waals surface area contributed by atoms with Gasteiger partial charge in [-0.25, -0.2) is 9.97 Å². The highest BCUT2D eigenvalue weighted by atomic mass is 16.2. The third-order valence-corrected chi connectivity index (χ3v) is 4.70. The fraction of sp³-hybridized carbons (Fsp3) is 0.200. The van der Waals surface area contributed by atoms with Crippen LogP contribution in [0.15, 0.2) is 59.8 Å². The zero-order chi connectivity index (χ0) is 19.0. The molecule has 0 aliphatic carbocycles. The quantitative estimate of drug-likeness (QED) is 0.605. The highest BCUT2D eigenvalue weighted by molar-refractivity contribution is 5.97. The summed E-state index contributed by atoms with van der Waals surface area (Å²) in [6.07, 6.45) is 6.01. The number of rotatable bonds is 4. The number of aromatic nitrogens is 4. The molecule has 27 heavy (non-hydrogen) atoms. The number of hydrogen-bond donors (Lipinski definition) is 1. The van der Waals surface area contributed by atoms with Crippen molar-refractivity contribution >= 4 is 22.6 Å². The second-order valence-electron chi connectivity index (χ2n) is 6.41. The van der Waals surface area contributed by atoms with E-state index in [4.69, 9.17) is 0 Å². The predicted molar refractivity (Wildman–Crippen MR) is 103 cm³/mol. The van der Waals surface area contributed by atoms with E-state index in [9.17, 15) is 9.59 Å². The summed E-state index contributed by atoms with van der Waals surface area (Å²) in [5.41, 5.74) is 1.30. The Labute approximate surface area is 155 Å². The molecule has 0 saturated heterocycles. The Balaban J connectivity index is 1.69.